The number of carbonyl (C=O) groups excluding carboxylic acids is 1. The Morgan fingerprint density at radius 3 is 2.86 bits per heavy atom. The van der Waals surface area contributed by atoms with Crippen LogP contribution in [0.4, 0.5) is 4.39 Å². The van der Waals surface area contributed by atoms with Crippen molar-refractivity contribution in [1.29, 1.82) is 5.26 Å². The van der Waals surface area contributed by atoms with Crippen molar-refractivity contribution in [2.24, 2.45) is 0 Å². The van der Waals surface area contributed by atoms with Gasteiger partial charge in [-0.05, 0) is 30.3 Å². The molecule has 0 unspecified atom stereocenters. The molecular formula is C15H12FNO4. The first-order valence-corrected chi connectivity index (χ1v) is 6.07. The van der Waals surface area contributed by atoms with E-state index in [1.54, 1.807) is 6.07 Å². The van der Waals surface area contributed by atoms with Crippen LogP contribution in [0.25, 0.3) is 0 Å². The smallest absolute Gasteiger partial charge is 0.374 e. The van der Waals surface area contributed by atoms with Crippen LogP contribution in [0.1, 0.15) is 27.4 Å². The van der Waals surface area contributed by atoms with Crippen molar-refractivity contribution < 1.29 is 23.1 Å². The third-order valence-electron chi connectivity index (χ3n) is 2.68. The molecule has 6 heteroatoms. The van der Waals surface area contributed by atoms with E-state index in [0.29, 0.717) is 11.3 Å². The first-order chi connectivity index (χ1) is 10.1. The molecule has 0 aliphatic carbocycles. The molecule has 0 fully saturated rings. The molecule has 0 bridgehead atoms. The average Bonchev–Trinajstić information content (AvgIpc) is 2.95. The number of hydrogen-bond donors (Lipinski definition) is 0. The maximum Gasteiger partial charge on any atom is 0.374 e. The molecule has 0 radical (unpaired) electrons. The lowest BCUT2D eigenvalue weighted by Crippen LogP contribution is -2.05. The highest BCUT2D eigenvalue weighted by Crippen LogP contribution is 2.14. The van der Waals surface area contributed by atoms with E-state index in [-0.39, 0.29) is 24.5 Å². The third-order valence-corrected chi connectivity index (χ3v) is 2.68. The van der Waals surface area contributed by atoms with Crippen LogP contribution >= 0.6 is 0 Å². The van der Waals surface area contributed by atoms with Crippen molar-refractivity contribution >= 4 is 5.97 Å². The molecule has 0 aliphatic rings. The summed E-state index contributed by atoms with van der Waals surface area (Å²) in [6.45, 7) is -0.0351. The van der Waals surface area contributed by atoms with Gasteiger partial charge in [0, 0.05) is 12.7 Å². The largest absolute Gasteiger partial charge is 0.455 e. The summed E-state index contributed by atoms with van der Waals surface area (Å²) in [5.41, 5.74) is 0.425. The second kappa shape index (κ2) is 6.68. The maximum absolute atomic E-state index is 13.5. The fraction of sp³-hybridized carbons (Fsp3) is 0.200. The zero-order valence-electron chi connectivity index (χ0n) is 11.3. The summed E-state index contributed by atoms with van der Waals surface area (Å²) in [5.74, 6) is -0.749. The van der Waals surface area contributed by atoms with Crippen molar-refractivity contribution in [2.45, 2.75) is 13.2 Å². The monoisotopic (exact) mass is 289 g/mol. The van der Waals surface area contributed by atoms with Gasteiger partial charge < -0.3 is 13.9 Å². The zero-order valence-corrected chi connectivity index (χ0v) is 11.3. The molecule has 21 heavy (non-hydrogen) atoms. The highest BCUT2D eigenvalue weighted by molar-refractivity contribution is 5.86. The molecule has 108 valence electrons. The molecule has 1 heterocycles. The summed E-state index contributed by atoms with van der Waals surface area (Å²) < 4.78 is 28.6. The molecule has 0 amide bonds. The van der Waals surface area contributed by atoms with Gasteiger partial charge in [-0.25, -0.2) is 9.18 Å². The molecule has 0 saturated carbocycles. The first-order valence-electron chi connectivity index (χ1n) is 6.07. The maximum atomic E-state index is 13.5. The van der Waals surface area contributed by atoms with Crippen molar-refractivity contribution in [1.82, 2.24) is 0 Å². The van der Waals surface area contributed by atoms with Gasteiger partial charge in [0.25, 0.3) is 0 Å². The number of furan rings is 1. The van der Waals surface area contributed by atoms with Crippen LogP contribution in [0.5, 0.6) is 0 Å². The Kier molecular flexibility index (Phi) is 4.69. The van der Waals surface area contributed by atoms with Gasteiger partial charge in [0.2, 0.25) is 5.76 Å². The van der Waals surface area contributed by atoms with E-state index in [9.17, 15) is 9.18 Å². The highest BCUT2D eigenvalue weighted by atomic mass is 19.1. The van der Waals surface area contributed by atoms with Gasteiger partial charge in [0.1, 0.15) is 24.8 Å². The fourth-order valence-electron chi connectivity index (χ4n) is 1.68. The standard InChI is InChI=1S/C15H12FNO4/c1-19-9-12-3-5-14(21-12)15(18)20-8-11-6-10(7-17)2-4-13(11)16/h2-6H,8-9H2,1H3. The second-order valence-electron chi connectivity index (χ2n) is 4.19. The fourth-order valence-corrected chi connectivity index (χ4v) is 1.68. The predicted molar refractivity (Wildman–Crippen MR) is 69.7 cm³/mol. The number of methoxy groups -OCH3 is 1. The number of benzene rings is 1. The second-order valence-corrected chi connectivity index (χ2v) is 4.19. The van der Waals surface area contributed by atoms with Crippen molar-refractivity contribution in [3.05, 3.63) is 58.8 Å². The summed E-state index contributed by atoms with van der Waals surface area (Å²) >= 11 is 0. The molecule has 0 spiro atoms. The van der Waals surface area contributed by atoms with Gasteiger partial charge in [-0.3, -0.25) is 0 Å². The molecule has 1 aromatic carbocycles. The first kappa shape index (κ1) is 14.8. The minimum Gasteiger partial charge on any atom is -0.455 e. The van der Waals surface area contributed by atoms with E-state index in [1.165, 1.54) is 25.3 Å². The van der Waals surface area contributed by atoms with E-state index < -0.39 is 11.8 Å². The topological polar surface area (TPSA) is 72.5 Å². The van der Waals surface area contributed by atoms with E-state index >= 15 is 0 Å². The molecule has 1 aromatic heterocycles. The number of esters is 1. The Bertz CT molecular complexity index is 687. The summed E-state index contributed by atoms with van der Waals surface area (Å²) in [4.78, 5) is 11.8. The Morgan fingerprint density at radius 1 is 1.33 bits per heavy atom. The lowest BCUT2D eigenvalue weighted by molar-refractivity contribution is 0.0426. The summed E-state index contributed by atoms with van der Waals surface area (Å²) in [6.07, 6.45) is 0. The number of hydrogen-bond acceptors (Lipinski definition) is 5. The lowest BCUT2D eigenvalue weighted by Gasteiger charge is -2.05. The molecule has 2 rings (SSSR count). The van der Waals surface area contributed by atoms with Gasteiger partial charge >= 0.3 is 5.97 Å². The van der Waals surface area contributed by atoms with Gasteiger partial charge in [-0.2, -0.15) is 5.26 Å². The third kappa shape index (κ3) is 3.68. The van der Waals surface area contributed by atoms with Crippen LogP contribution in [-0.4, -0.2) is 13.1 Å². The highest BCUT2D eigenvalue weighted by Gasteiger charge is 2.14. The molecule has 0 saturated heterocycles. The Labute approximate surface area is 120 Å². The number of nitrogens with zero attached hydrogens (tertiary/aromatic N) is 1. The number of ether oxygens (including phenoxy) is 2. The molecule has 5 nitrogen and oxygen atoms in total. The van der Waals surface area contributed by atoms with Gasteiger partial charge in [0.05, 0.1) is 11.6 Å². The van der Waals surface area contributed by atoms with Gasteiger partial charge in [-0.15, -0.1) is 0 Å². The van der Waals surface area contributed by atoms with Crippen molar-refractivity contribution in [2.75, 3.05) is 7.11 Å². The molecular weight excluding hydrogens is 277 g/mol. The van der Waals surface area contributed by atoms with Gasteiger partial charge in [-0.1, -0.05) is 0 Å². The summed E-state index contributed by atoms with van der Waals surface area (Å²) in [7, 11) is 1.51. The van der Waals surface area contributed by atoms with Crippen molar-refractivity contribution in [3.63, 3.8) is 0 Å². The summed E-state index contributed by atoms with van der Waals surface area (Å²) in [6, 6.07) is 8.79. The predicted octanol–water partition coefficient (Wildman–Crippen LogP) is 2.79. The van der Waals surface area contributed by atoms with Crippen LogP contribution in [-0.2, 0) is 22.7 Å². The molecule has 0 atom stereocenters. The normalized spacial score (nSPS) is 10.1. The lowest BCUT2D eigenvalue weighted by atomic mass is 10.1. The van der Waals surface area contributed by atoms with E-state index in [2.05, 4.69) is 0 Å². The molecule has 0 aliphatic heterocycles. The van der Waals surface area contributed by atoms with Crippen molar-refractivity contribution in [3.8, 4) is 6.07 Å². The molecule has 0 N–H and O–H groups in total. The molecule has 2 aromatic rings. The van der Waals surface area contributed by atoms with E-state index in [4.69, 9.17) is 19.2 Å². The minimum absolute atomic E-state index is 0.0129. The van der Waals surface area contributed by atoms with Crippen LogP contribution in [0.3, 0.4) is 0 Å². The van der Waals surface area contributed by atoms with Crippen LogP contribution in [0.2, 0.25) is 0 Å². The average molecular weight is 289 g/mol. The zero-order chi connectivity index (χ0) is 15.2. The number of rotatable bonds is 5. The Morgan fingerprint density at radius 2 is 2.14 bits per heavy atom. The van der Waals surface area contributed by atoms with Crippen LogP contribution in [0.15, 0.2) is 34.7 Å². The quantitative estimate of drug-likeness (QED) is 0.791. The number of nitriles is 1. The summed E-state index contributed by atoms with van der Waals surface area (Å²) in [5, 5.41) is 8.75. The number of carbonyl (C=O) groups is 1. The van der Waals surface area contributed by atoms with Gasteiger partial charge in [0.15, 0.2) is 0 Å². The van der Waals surface area contributed by atoms with Crippen LogP contribution < -0.4 is 0 Å². The minimum atomic E-state index is -0.709. The SMILES string of the molecule is COCc1ccc(C(=O)OCc2cc(C#N)ccc2F)o1. The Hall–Kier alpha value is -2.65. The van der Waals surface area contributed by atoms with Crippen LogP contribution in [0, 0.1) is 17.1 Å². The Balaban J connectivity index is 2.02. The van der Waals surface area contributed by atoms with E-state index in [1.807, 2.05) is 6.07 Å². The number of halogens is 1. The van der Waals surface area contributed by atoms with E-state index in [0.717, 1.165) is 6.07 Å².